The molecule has 0 atom stereocenters. The zero-order valence-electron chi connectivity index (χ0n) is 15.3. The van der Waals surface area contributed by atoms with Crippen LogP contribution in [0, 0.1) is 0 Å². The fourth-order valence-corrected chi connectivity index (χ4v) is 1.71. The molecule has 0 amide bonds. The summed E-state index contributed by atoms with van der Waals surface area (Å²) in [6, 6.07) is 34.9. The van der Waals surface area contributed by atoms with Gasteiger partial charge in [0.15, 0.2) is 0 Å². The lowest BCUT2D eigenvalue weighted by atomic mass is 10.3. The van der Waals surface area contributed by atoms with Gasteiger partial charge >= 0.3 is 0 Å². The van der Waals surface area contributed by atoms with Crippen LogP contribution in [-0.4, -0.2) is 31.4 Å². The molecule has 152 valence electrons. The number of aromatic hydroxyl groups is 4. The second kappa shape index (κ2) is 16.5. The van der Waals surface area contributed by atoms with Crippen LogP contribution in [0.2, 0.25) is 0 Å². The Hall–Kier alpha value is -3.70. The first kappa shape index (κ1) is 25.3. The zero-order chi connectivity index (χ0) is 20.5. The summed E-state index contributed by atoms with van der Waals surface area (Å²) in [4.78, 5) is 0. The van der Waals surface area contributed by atoms with Gasteiger partial charge in [0.2, 0.25) is 0 Å². The van der Waals surface area contributed by atoms with Crippen molar-refractivity contribution < 1.29 is 20.4 Å². The summed E-state index contributed by atoms with van der Waals surface area (Å²) in [5.74, 6) is 1.29. The molecule has 29 heavy (non-hydrogen) atoms. The number of hydrogen-bond acceptors (Lipinski definition) is 4. The molecule has 4 rings (SSSR count). The number of hydrogen-bond donors (Lipinski definition) is 4. The van der Waals surface area contributed by atoms with E-state index in [2.05, 4.69) is 0 Å². The van der Waals surface area contributed by atoms with E-state index in [9.17, 15) is 0 Å². The minimum absolute atomic E-state index is 0. The molecule has 0 bridgehead atoms. The number of benzene rings is 4. The predicted molar refractivity (Wildman–Crippen MR) is 124 cm³/mol. The van der Waals surface area contributed by atoms with Crippen LogP contribution in [0.25, 0.3) is 0 Å². The lowest BCUT2D eigenvalue weighted by Gasteiger charge is -1.82. The fraction of sp³-hybridized carbons (Fsp3) is 0. The maximum atomic E-state index is 8.63. The van der Waals surface area contributed by atoms with Gasteiger partial charge in [-0.1, -0.05) is 72.8 Å². The predicted octanol–water partition coefficient (Wildman–Crippen LogP) is 4.12. The molecule has 0 aliphatic carbocycles. The molecule has 0 spiro atoms. The van der Waals surface area contributed by atoms with Crippen LogP contribution in [-0.2, 0) is 0 Å². The molecule has 0 saturated heterocycles. The van der Waals surface area contributed by atoms with Gasteiger partial charge in [0.05, 0.1) is 0 Å². The van der Waals surface area contributed by atoms with Crippen molar-refractivity contribution in [2.75, 3.05) is 0 Å². The van der Waals surface area contributed by atoms with E-state index >= 15 is 0 Å². The molecule has 0 aliphatic heterocycles. The minimum atomic E-state index is 0. The van der Waals surface area contributed by atoms with Crippen molar-refractivity contribution in [3.8, 4) is 23.0 Å². The molecular weight excluding hydrogens is 380 g/mol. The van der Waals surface area contributed by atoms with Gasteiger partial charge in [0, 0.05) is 0 Å². The maximum Gasteiger partial charge on any atom is 0.115 e. The van der Waals surface area contributed by atoms with Crippen LogP contribution in [0.15, 0.2) is 121 Å². The van der Waals surface area contributed by atoms with Crippen molar-refractivity contribution in [1.29, 1.82) is 0 Å². The first-order valence-electron chi connectivity index (χ1n) is 8.54. The van der Waals surface area contributed by atoms with Gasteiger partial charge in [-0.2, -0.15) is 0 Å². The summed E-state index contributed by atoms with van der Waals surface area (Å²) in [6.07, 6.45) is 0. The molecule has 5 heteroatoms. The minimum Gasteiger partial charge on any atom is -0.508 e. The number of para-hydroxylation sites is 4. The monoisotopic (exact) mass is 408 g/mol. The molecule has 4 nitrogen and oxygen atoms in total. The third-order valence-electron chi connectivity index (χ3n) is 3.02. The molecular formula is C24H28O4Si. The van der Waals surface area contributed by atoms with Crippen molar-refractivity contribution in [2.45, 2.75) is 0 Å². The normalized spacial score (nSPS) is 8.28. The van der Waals surface area contributed by atoms with Crippen LogP contribution in [0.1, 0.15) is 0 Å². The van der Waals surface area contributed by atoms with Crippen LogP contribution in [0.4, 0.5) is 0 Å². The van der Waals surface area contributed by atoms with Gasteiger partial charge in [0.1, 0.15) is 23.0 Å². The van der Waals surface area contributed by atoms with Crippen molar-refractivity contribution in [1.82, 2.24) is 0 Å². The number of phenolic OH excluding ortho intramolecular Hbond substituents is 4. The molecule has 4 aromatic rings. The average molecular weight is 409 g/mol. The Morgan fingerprint density at radius 3 is 0.483 bits per heavy atom. The van der Waals surface area contributed by atoms with Gasteiger partial charge in [-0.05, 0) is 59.5 Å². The summed E-state index contributed by atoms with van der Waals surface area (Å²) in [6.45, 7) is 0. The Morgan fingerprint density at radius 2 is 0.414 bits per heavy atom. The van der Waals surface area contributed by atoms with Gasteiger partial charge in [-0.15, -0.1) is 0 Å². The van der Waals surface area contributed by atoms with E-state index in [1.165, 1.54) is 0 Å². The Labute approximate surface area is 176 Å². The highest BCUT2D eigenvalue weighted by Crippen LogP contribution is 2.04. The van der Waals surface area contributed by atoms with Crippen molar-refractivity contribution in [3.05, 3.63) is 121 Å². The molecule has 0 unspecified atom stereocenters. The largest absolute Gasteiger partial charge is 0.508 e. The summed E-state index contributed by atoms with van der Waals surface area (Å²) < 4.78 is 0. The molecule has 0 saturated carbocycles. The van der Waals surface area contributed by atoms with Crippen LogP contribution < -0.4 is 0 Å². The second-order valence-electron chi connectivity index (χ2n) is 5.34. The van der Waals surface area contributed by atoms with Gasteiger partial charge in [0.25, 0.3) is 0 Å². The van der Waals surface area contributed by atoms with Gasteiger partial charge < -0.3 is 20.4 Å². The van der Waals surface area contributed by atoms with Crippen molar-refractivity contribution >= 4 is 11.0 Å². The molecule has 0 radical (unpaired) electrons. The molecule has 4 aromatic carbocycles. The standard InChI is InChI=1S/4C6H6O.H4Si/c4*7-6-4-2-1-3-5-6;/h4*1-5,7H;1H4. The molecule has 0 fully saturated rings. The third-order valence-corrected chi connectivity index (χ3v) is 3.02. The van der Waals surface area contributed by atoms with E-state index in [0.29, 0.717) is 23.0 Å². The Balaban J connectivity index is 0.000000356. The Bertz CT molecular complexity index is 693. The summed E-state index contributed by atoms with van der Waals surface area (Å²) in [7, 11) is 0. The second-order valence-corrected chi connectivity index (χ2v) is 5.34. The van der Waals surface area contributed by atoms with Crippen LogP contribution >= 0.6 is 0 Å². The Kier molecular flexibility index (Phi) is 14.4. The quantitative estimate of drug-likeness (QED) is 0.330. The molecule has 0 aromatic heterocycles. The molecule has 0 aliphatic rings. The highest BCUT2D eigenvalue weighted by molar-refractivity contribution is 5.75. The van der Waals surface area contributed by atoms with Crippen molar-refractivity contribution in [3.63, 3.8) is 0 Å². The van der Waals surface area contributed by atoms with Crippen LogP contribution in [0.3, 0.4) is 0 Å². The smallest absolute Gasteiger partial charge is 0.115 e. The fourth-order valence-electron chi connectivity index (χ4n) is 1.71. The topological polar surface area (TPSA) is 80.9 Å². The van der Waals surface area contributed by atoms with E-state index in [4.69, 9.17) is 20.4 Å². The van der Waals surface area contributed by atoms with Crippen molar-refractivity contribution in [2.24, 2.45) is 0 Å². The lowest BCUT2D eigenvalue weighted by Crippen LogP contribution is -1.56. The molecule has 0 heterocycles. The Morgan fingerprint density at radius 1 is 0.276 bits per heavy atom. The highest BCUT2D eigenvalue weighted by atomic mass is 28.1. The van der Waals surface area contributed by atoms with E-state index < -0.39 is 0 Å². The van der Waals surface area contributed by atoms with E-state index in [1.54, 1.807) is 97.1 Å². The average Bonchev–Trinajstić information content (AvgIpc) is 2.72. The van der Waals surface area contributed by atoms with Crippen LogP contribution in [0.5, 0.6) is 23.0 Å². The third kappa shape index (κ3) is 15.1. The number of rotatable bonds is 0. The van der Waals surface area contributed by atoms with E-state index in [0.717, 1.165) is 0 Å². The zero-order valence-corrected chi connectivity index (χ0v) is 15.3. The molecule has 4 N–H and O–H groups in total. The number of phenols is 4. The first-order chi connectivity index (χ1) is 13.6. The summed E-state index contributed by atoms with van der Waals surface area (Å²) >= 11 is 0. The van der Waals surface area contributed by atoms with Gasteiger partial charge in [-0.3, -0.25) is 0 Å². The SMILES string of the molecule is Oc1ccccc1.Oc1ccccc1.Oc1ccccc1.Oc1ccccc1.[SiH4]. The van der Waals surface area contributed by atoms with Gasteiger partial charge in [-0.25, -0.2) is 0 Å². The maximum absolute atomic E-state index is 8.63. The highest BCUT2D eigenvalue weighted by Gasteiger charge is 1.76. The summed E-state index contributed by atoms with van der Waals surface area (Å²) in [5.41, 5.74) is 0. The van der Waals surface area contributed by atoms with E-state index in [1.807, 2.05) is 24.3 Å². The van der Waals surface area contributed by atoms with E-state index in [-0.39, 0.29) is 11.0 Å². The summed E-state index contributed by atoms with van der Waals surface area (Å²) in [5, 5.41) is 34.5. The first-order valence-corrected chi connectivity index (χ1v) is 8.54. The lowest BCUT2D eigenvalue weighted by molar-refractivity contribution is 0.475.